The highest BCUT2D eigenvalue weighted by atomic mass is 32.2. The van der Waals surface area contributed by atoms with Gasteiger partial charge in [-0.3, -0.25) is 0 Å². The number of nitrogens with zero attached hydrogens (tertiary/aromatic N) is 1. The lowest BCUT2D eigenvalue weighted by Crippen LogP contribution is -2.35. The molecule has 1 aliphatic heterocycles. The summed E-state index contributed by atoms with van der Waals surface area (Å²) in [6.45, 7) is 0.457. The van der Waals surface area contributed by atoms with Gasteiger partial charge in [0, 0.05) is 19.0 Å². The molecule has 5 heteroatoms. The lowest BCUT2D eigenvalue weighted by molar-refractivity contribution is 0.129. The molecule has 21 heavy (non-hydrogen) atoms. The molecule has 4 nitrogen and oxygen atoms in total. The molecule has 3 rings (SSSR count). The molecular weight excluding hydrogens is 286 g/mol. The first-order valence-electron chi connectivity index (χ1n) is 7.16. The molecule has 112 valence electrons. The van der Waals surface area contributed by atoms with Crippen LogP contribution in [0.5, 0.6) is 0 Å². The molecule has 2 atom stereocenters. The van der Waals surface area contributed by atoms with Crippen molar-refractivity contribution < 1.29 is 13.5 Å². The second kappa shape index (κ2) is 5.75. The molecule has 0 bridgehead atoms. The Kier molecular flexibility index (Phi) is 3.97. The maximum absolute atomic E-state index is 12.8. The summed E-state index contributed by atoms with van der Waals surface area (Å²) < 4.78 is 27.1. The van der Waals surface area contributed by atoms with Crippen LogP contribution in [0.15, 0.2) is 53.5 Å². The molecule has 1 saturated heterocycles. The quantitative estimate of drug-likeness (QED) is 0.909. The predicted octanol–water partition coefficient (Wildman–Crippen LogP) is 2.04. The number of sulfonamides is 1. The van der Waals surface area contributed by atoms with Gasteiger partial charge in [-0.2, -0.15) is 4.31 Å². The first-order valence-corrected chi connectivity index (χ1v) is 8.60. The third-order valence-electron chi connectivity index (χ3n) is 4.03. The average Bonchev–Trinajstić information content (AvgIpc) is 2.56. The molecule has 0 aromatic heterocycles. The van der Waals surface area contributed by atoms with Gasteiger partial charge < -0.3 is 5.11 Å². The summed E-state index contributed by atoms with van der Waals surface area (Å²) in [5.74, 6) is -0.101. The van der Waals surface area contributed by atoms with Crippen molar-refractivity contribution in [1.29, 1.82) is 0 Å². The second-order valence-corrected chi connectivity index (χ2v) is 7.54. The molecule has 1 aromatic carbocycles. The summed E-state index contributed by atoms with van der Waals surface area (Å²) in [6.07, 6.45) is 6.00. The number of allylic oxidation sites excluding steroid dienone is 4. The minimum absolute atomic E-state index is 0.101. The first kappa shape index (κ1) is 14.5. The van der Waals surface area contributed by atoms with E-state index in [0.717, 1.165) is 5.56 Å². The molecule has 1 N–H and O–H groups in total. The van der Waals surface area contributed by atoms with Gasteiger partial charge >= 0.3 is 0 Å². The third kappa shape index (κ3) is 2.95. The van der Waals surface area contributed by atoms with E-state index in [1.54, 1.807) is 12.2 Å². The van der Waals surface area contributed by atoms with Crippen LogP contribution in [0.3, 0.4) is 0 Å². The number of hydrogen-bond acceptors (Lipinski definition) is 3. The van der Waals surface area contributed by atoms with E-state index in [0.29, 0.717) is 24.3 Å². The van der Waals surface area contributed by atoms with E-state index >= 15 is 0 Å². The Morgan fingerprint density at radius 1 is 1.24 bits per heavy atom. The fourth-order valence-electron chi connectivity index (χ4n) is 2.99. The molecule has 1 fully saturated rings. The fourth-order valence-corrected chi connectivity index (χ4v) is 4.84. The molecular formula is C16H19NO3S. The van der Waals surface area contributed by atoms with Crippen molar-refractivity contribution in [3.63, 3.8) is 0 Å². The predicted molar refractivity (Wildman–Crippen MR) is 81.7 cm³/mol. The summed E-state index contributed by atoms with van der Waals surface area (Å²) in [5.41, 5.74) is 0.929. The van der Waals surface area contributed by atoms with Crippen LogP contribution in [-0.2, 0) is 16.6 Å². The van der Waals surface area contributed by atoms with Crippen molar-refractivity contribution >= 4 is 10.0 Å². The summed E-state index contributed by atoms with van der Waals surface area (Å²) in [4.78, 5) is 0.442. The zero-order chi connectivity index (χ0) is 14.9. The minimum atomic E-state index is -3.51. The van der Waals surface area contributed by atoms with Crippen molar-refractivity contribution in [2.24, 2.45) is 5.92 Å². The van der Waals surface area contributed by atoms with Gasteiger partial charge in [0.05, 0.1) is 11.0 Å². The van der Waals surface area contributed by atoms with Gasteiger partial charge in [-0.1, -0.05) is 42.5 Å². The SMILES string of the molecule is O=S1(=O)C2=CC=CCC2CC(O)CN1Cc1ccccc1. The lowest BCUT2D eigenvalue weighted by Gasteiger charge is -2.23. The van der Waals surface area contributed by atoms with E-state index in [1.165, 1.54) is 4.31 Å². The van der Waals surface area contributed by atoms with E-state index in [9.17, 15) is 13.5 Å². The highest BCUT2D eigenvalue weighted by molar-refractivity contribution is 7.93. The average molecular weight is 305 g/mol. The number of rotatable bonds is 2. The van der Waals surface area contributed by atoms with Crippen LogP contribution in [0.1, 0.15) is 18.4 Å². The summed E-state index contributed by atoms with van der Waals surface area (Å²) in [6, 6.07) is 9.49. The summed E-state index contributed by atoms with van der Waals surface area (Å²) in [5, 5.41) is 10.2. The number of aliphatic hydroxyl groups is 1. The van der Waals surface area contributed by atoms with Gasteiger partial charge in [0.15, 0.2) is 0 Å². The number of fused-ring (bicyclic) bond motifs is 1. The number of aliphatic hydroxyl groups excluding tert-OH is 1. The first-order chi connectivity index (χ1) is 10.1. The van der Waals surface area contributed by atoms with Crippen LogP contribution in [0.4, 0.5) is 0 Å². The van der Waals surface area contributed by atoms with Gasteiger partial charge in [-0.25, -0.2) is 8.42 Å². The van der Waals surface area contributed by atoms with E-state index in [-0.39, 0.29) is 12.5 Å². The van der Waals surface area contributed by atoms with Crippen molar-refractivity contribution in [2.75, 3.05) is 6.54 Å². The van der Waals surface area contributed by atoms with Crippen molar-refractivity contribution in [3.8, 4) is 0 Å². The maximum atomic E-state index is 12.8. The number of β-amino-alcohol motifs (C(OH)–C–C–N with tert-alkyl or cyclic N) is 1. The van der Waals surface area contributed by atoms with Gasteiger partial charge in [-0.05, 0) is 24.5 Å². The van der Waals surface area contributed by atoms with Crippen LogP contribution < -0.4 is 0 Å². The zero-order valence-corrected chi connectivity index (χ0v) is 12.5. The summed E-state index contributed by atoms with van der Waals surface area (Å²) in [7, 11) is -3.51. The Labute approximate surface area is 125 Å². The Morgan fingerprint density at radius 2 is 2.00 bits per heavy atom. The smallest absolute Gasteiger partial charge is 0.239 e. The van der Waals surface area contributed by atoms with Gasteiger partial charge in [0.2, 0.25) is 10.0 Å². The molecule has 0 saturated carbocycles. The molecule has 2 unspecified atom stereocenters. The number of hydrogen-bond donors (Lipinski definition) is 1. The van der Waals surface area contributed by atoms with E-state index < -0.39 is 16.1 Å². The normalized spacial score (nSPS) is 28.5. The van der Waals surface area contributed by atoms with Crippen molar-refractivity contribution in [2.45, 2.75) is 25.5 Å². The van der Waals surface area contributed by atoms with Crippen LogP contribution in [0, 0.1) is 5.92 Å². The number of benzene rings is 1. The largest absolute Gasteiger partial charge is 0.392 e. The van der Waals surface area contributed by atoms with Crippen LogP contribution in [-0.4, -0.2) is 30.5 Å². The zero-order valence-electron chi connectivity index (χ0n) is 11.7. The fraction of sp³-hybridized carbons (Fsp3) is 0.375. The third-order valence-corrected chi connectivity index (χ3v) is 6.05. The second-order valence-electron chi connectivity index (χ2n) is 5.60. The molecule has 0 radical (unpaired) electrons. The lowest BCUT2D eigenvalue weighted by atomic mass is 9.94. The molecule has 0 amide bonds. The Morgan fingerprint density at radius 3 is 2.76 bits per heavy atom. The van der Waals surface area contributed by atoms with Gasteiger partial charge in [-0.15, -0.1) is 0 Å². The van der Waals surface area contributed by atoms with E-state index in [4.69, 9.17) is 0 Å². The monoisotopic (exact) mass is 305 g/mol. The molecule has 1 aliphatic carbocycles. The highest BCUT2D eigenvalue weighted by Gasteiger charge is 2.38. The minimum Gasteiger partial charge on any atom is -0.392 e. The van der Waals surface area contributed by atoms with Gasteiger partial charge in [0.25, 0.3) is 0 Å². The Hall–Kier alpha value is -1.43. The topological polar surface area (TPSA) is 57.6 Å². The highest BCUT2D eigenvalue weighted by Crippen LogP contribution is 2.35. The van der Waals surface area contributed by atoms with Gasteiger partial charge in [0.1, 0.15) is 0 Å². The Bertz CT molecular complexity index is 664. The molecule has 0 spiro atoms. The van der Waals surface area contributed by atoms with Crippen molar-refractivity contribution in [3.05, 3.63) is 59.0 Å². The van der Waals surface area contributed by atoms with Crippen LogP contribution in [0.2, 0.25) is 0 Å². The van der Waals surface area contributed by atoms with E-state index in [1.807, 2.05) is 36.4 Å². The maximum Gasteiger partial charge on any atom is 0.239 e. The molecule has 2 aliphatic rings. The summed E-state index contributed by atoms with van der Waals surface area (Å²) >= 11 is 0. The van der Waals surface area contributed by atoms with E-state index in [2.05, 4.69) is 0 Å². The standard InChI is InChI=1S/C16H19NO3S/c18-15-10-14-8-4-5-9-16(14)21(19,20)17(12-15)11-13-6-2-1-3-7-13/h1-7,9,14-15,18H,8,10-12H2. The van der Waals surface area contributed by atoms with Crippen LogP contribution in [0.25, 0.3) is 0 Å². The Balaban J connectivity index is 1.95. The molecule has 1 aromatic rings. The molecule has 1 heterocycles. The van der Waals surface area contributed by atoms with Crippen molar-refractivity contribution in [1.82, 2.24) is 4.31 Å². The van der Waals surface area contributed by atoms with Crippen LogP contribution >= 0.6 is 0 Å².